The van der Waals surface area contributed by atoms with Crippen LogP contribution in [0.15, 0.2) is 30.3 Å². The van der Waals surface area contributed by atoms with E-state index in [0.717, 1.165) is 11.7 Å². The van der Waals surface area contributed by atoms with Gasteiger partial charge in [-0.3, -0.25) is 4.57 Å². The second-order valence-electron chi connectivity index (χ2n) is 7.64. The van der Waals surface area contributed by atoms with Gasteiger partial charge in [0.05, 0.1) is 11.4 Å². The van der Waals surface area contributed by atoms with E-state index in [0.29, 0.717) is 17.8 Å². The van der Waals surface area contributed by atoms with Crippen molar-refractivity contribution in [3.8, 4) is 0 Å². The van der Waals surface area contributed by atoms with Crippen molar-refractivity contribution in [2.75, 3.05) is 0 Å². The molecule has 1 aromatic carbocycles. The van der Waals surface area contributed by atoms with E-state index in [1.165, 1.54) is 12.8 Å². The fourth-order valence-corrected chi connectivity index (χ4v) is 5.76. The third-order valence-corrected chi connectivity index (χ3v) is 7.17. The zero-order chi connectivity index (χ0) is 17.0. The number of hydrogen-bond donors (Lipinski definition) is 1. The maximum atomic E-state index is 13.6. The van der Waals surface area contributed by atoms with Crippen molar-refractivity contribution in [2.24, 2.45) is 17.8 Å². The van der Waals surface area contributed by atoms with Crippen molar-refractivity contribution in [3.05, 3.63) is 30.3 Å². The number of nitrogens with one attached hydrogen (secondary N) is 1. The molecule has 0 amide bonds. The Balaban J connectivity index is 2.27. The van der Waals surface area contributed by atoms with Gasteiger partial charge in [-0.25, -0.2) is 5.09 Å². The molecule has 0 unspecified atom stereocenters. The molecule has 2 rings (SSSR count). The summed E-state index contributed by atoms with van der Waals surface area (Å²) in [6.45, 7) is 10.8. The van der Waals surface area contributed by atoms with Gasteiger partial charge in [0.25, 0.3) is 7.52 Å². The van der Waals surface area contributed by atoms with E-state index in [4.69, 9.17) is 4.52 Å². The van der Waals surface area contributed by atoms with E-state index in [9.17, 15) is 4.57 Å². The summed E-state index contributed by atoms with van der Waals surface area (Å²) < 4.78 is 20.0. The molecular weight excluding hydrogens is 305 g/mol. The molecule has 0 spiro atoms. The second-order valence-corrected chi connectivity index (χ2v) is 9.73. The zero-order valence-electron chi connectivity index (χ0n) is 15.2. The minimum absolute atomic E-state index is 0.0658. The van der Waals surface area contributed by atoms with Crippen LogP contribution in [-0.4, -0.2) is 12.1 Å². The van der Waals surface area contributed by atoms with Gasteiger partial charge < -0.3 is 4.52 Å². The molecule has 0 saturated heterocycles. The van der Waals surface area contributed by atoms with Crippen LogP contribution in [0.2, 0.25) is 0 Å². The summed E-state index contributed by atoms with van der Waals surface area (Å²) >= 11 is 0. The Morgan fingerprint density at radius 1 is 1.13 bits per heavy atom. The molecule has 0 heterocycles. The highest BCUT2D eigenvalue weighted by molar-refractivity contribution is 7.65. The smallest absolute Gasteiger partial charge is 0.300 e. The molecular formula is C19H32NO2P. The highest BCUT2D eigenvalue weighted by atomic mass is 31.2. The molecule has 1 saturated carbocycles. The first-order chi connectivity index (χ1) is 10.8. The van der Waals surface area contributed by atoms with Crippen molar-refractivity contribution in [2.45, 2.75) is 66.0 Å². The van der Waals surface area contributed by atoms with Crippen molar-refractivity contribution in [1.29, 1.82) is 0 Å². The van der Waals surface area contributed by atoms with Gasteiger partial charge in [0, 0.05) is 6.04 Å². The molecule has 1 aromatic rings. The molecule has 3 nitrogen and oxygen atoms in total. The fraction of sp³-hybridized carbons (Fsp3) is 0.684. The van der Waals surface area contributed by atoms with Crippen molar-refractivity contribution >= 4 is 12.8 Å². The van der Waals surface area contributed by atoms with Gasteiger partial charge >= 0.3 is 0 Å². The van der Waals surface area contributed by atoms with E-state index in [1.807, 2.05) is 44.2 Å². The SMILES string of the molecule is CC(C)N[P@@](=O)(O[C@@H]1C[C@@H](C)CC[C@@H]1C(C)C)c1ccccc1. The van der Waals surface area contributed by atoms with Gasteiger partial charge in [-0.05, 0) is 56.6 Å². The summed E-state index contributed by atoms with van der Waals surface area (Å²) in [5.41, 5.74) is 0. The fourth-order valence-electron chi connectivity index (χ4n) is 3.56. The molecule has 0 radical (unpaired) electrons. The van der Waals surface area contributed by atoms with Crippen molar-refractivity contribution < 1.29 is 9.09 Å². The van der Waals surface area contributed by atoms with E-state index in [-0.39, 0.29) is 12.1 Å². The third kappa shape index (κ3) is 4.92. The predicted molar refractivity (Wildman–Crippen MR) is 98.2 cm³/mol. The standard InChI is InChI=1S/C19H32NO2P/c1-14(2)18-12-11-16(5)13-19(18)22-23(21,20-15(3)4)17-9-7-6-8-10-17/h6-10,14-16,18-19H,11-13H2,1-5H3,(H,20,21)/t16-,18+,19+,23-/m0/s1. The lowest BCUT2D eigenvalue weighted by Gasteiger charge is -2.39. The summed E-state index contributed by atoms with van der Waals surface area (Å²) in [5, 5.41) is 4.00. The summed E-state index contributed by atoms with van der Waals surface area (Å²) in [4.78, 5) is 0. The predicted octanol–water partition coefficient (Wildman–Crippen LogP) is 4.98. The van der Waals surface area contributed by atoms with Crippen LogP contribution in [-0.2, 0) is 9.09 Å². The van der Waals surface area contributed by atoms with Gasteiger partial charge in [-0.2, -0.15) is 0 Å². The average Bonchev–Trinajstić information content (AvgIpc) is 2.47. The molecule has 4 atom stereocenters. The highest BCUT2D eigenvalue weighted by Crippen LogP contribution is 2.48. The lowest BCUT2D eigenvalue weighted by atomic mass is 9.75. The first-order valence-electron chi connectivity index (χ1n) is 8.93. The van der Waals surface area contributed by atoms with Crippen LogP contribution in [0.25, 0.3) is 0 Å². The lowest BCUT2D eigenvalue weighted by molar-refractivity contribution is 0.0480. The topological polar surface area (TPSA) is 38.3 Å². The quantitative estimate of drug-likeness (QED) is 0.744. The van der Waals surface area contributed by atoms with E-state index >= 15 is 0 Å². The van der Waals surface area contributed by atoms with E-state index in [2.05, 4.69) is 25.9 Å². The summed E-state index contributed by atoms with van der Waals surface area (Å²) in [7, 11) is -3.05. The molecule has 1 aliphatic rings. The molecule has 1 aliphatic carbocycles. The Kier molecular flexibility index (Phi) is 6.48. The van der Waals surface area contributed by atoms with Crippen LogP contribution in [0.4, 0.5) is 0 Å². The largest absolute Gasteiger partial charge is 0.311 e. The first kappa shape index (κ1) is 18.7. The Hall–Kier alpha value is -0.630. The Bertz CT molecular complexity index is 529. The van der Waals surface area contributed by atoms with E-state index in [1.54, 1.807) is 0 Å². The molecule has 1 N–H and O–H groups in total. The second kappa shape index (κ2) is 7.96. The van der Waals surface area contributed by atoms with Crippen LogP contribution < -0.4 is 10.4 Å². The Morgan fingerprint density at radius 2 is 1.78 bits per heavy atom. The molecule has 130 valence electrons. The highest BCUT2D eigenvalue weighted by Gasteiger charge is 2.38. The molecule has 1 fully saturated rings. The van der Waals surface area contributed by atoms with E-state index < -0.39 is 7.52 Å². The normalized spacial score (nSPS) is 28.0. The van der Waals surface area contributed by atoms with Gasteiger partial charge in [0.1, 0.15) is 0 Å². The van der Waals surface area contributed by atoms with Crippen LogP contribution >= 0.6 is 7.52 Å². The minimum Gasteiger partial charge on any atom is -0.311 e. The van der Waals surface area contributed by atoms with Gasteiger partial charge in [-0.1, -0.05) is 45.4 Å². The van der Waals surface area contributed by atoms with Crippen LogP contribution in [0.5, 0.6) is 0 Å². The minimum atomic E-state index is -3.05. The van der Waals surface area contributed by atoms with Crippen molar-refractivity contribution in [1.82, 2.24) is 5.09 Å². The zero-order valence-corrected chi connectivity index (χ0v) is 16.1. The maximum Gasteiger partial charge on any atom is 0.300 e. The van der Waals surface area contributed by atoms with Crippen LogP contribution in [0, 0.1) is 17.8 Å². The third-order valence-electron chi connectivity index (χ3n) is 4.77. The molecule has 0 aliphatic heterocycles. The first-order valence-corrected chi connectivity index (χ1v) is 10.6. The Morgan fingerprint density at radius 3 is 2.35 bits per heavy atom. The molecule has 0 bridgehead atoms. The molecule has 23 heavy (non-hydrogen) atoms. The molecule has 0 aromatic heterocycles. The van der Waals surface area contributed by atoms with Gasteiger partial charge in [0.2, 0.25) is 0 Å². The Labute approximate surface area is 141 Å². The monoisotopic (exact) mass is 337 g/mol. The van der Waals surface area contributed by atoms with Crippen LogP contribution in [0.1, 0.15) is 53.9 Å². The summed E-state index contributed by atoms with van der Waals surface area (Å²) in [6.07, 6.45) is 3.48. The van der Waals surface area contributed by atoms with Gasteiger partial charge in [-0.15, -0.1) is 0 Å². The van der Waals surface area contributed by atoms with Gasteiger partial charge in [0.15, 0.2) is 0 Å². The summed E-state index contributed by atoms with van der Waals surface area (Å²) in [5.74, 6) is 1.67. The lowest BCUT2D eigenvalue weighted by Crippen LogP contribution is -2.37. The summed E-state index contributed by atoms with van der Waals surface area (Å²) in [6, 6.07) is 9.73. The van der Waals surface area contributed by atoms with Crippen LogP contribution in [0.3, 0.4) is 0 Å². The number of hydrogen-bond acceptors (Lipinski definition) is 2. The number of benzene rings is 1. The van der Waals surface area contributed by atoms with Crippen molar-refractivity contribution in [3.63, 3.8) is 0 Å². The average molecular weight is 337 g/mol. The molecule has 4 heteroatoms. The number of rotatable bonds is 6. The maximum absolute atomic E-state index is 13.6.